The lowest BCUT2D eigenvalue weighted by Crippen LogP contribution is -2.13. The highest BCUT2D eigenvalue weighted by molar-refractivity contribution is 4.94. The van der Waals surface area contributed by atoms with Crippen molar-refractivity contribution in [2.75, 3.05) is 7.11 Å². The second-order valence-corrected chi connectivity index (χ2v) is 1.52. The van der Waals surface area contributed by atoms with Crippen LogP contribution in [0.25, 0.3) is 0 Å². The summed E-state index contributed by atoms with van der Waals surface area (Å²) in [5.41, 5.74) is 0. The Morgan fingerprint density at radius 2 is 1.70 bits per heavy atom. The first kappa shape index (κ1) is 11.9. The fourth-order valence-corrected chi connectivity index (χ4v) is 0.179. The standard InChI is InChI=1S/C5H8F2O.C2H4/c1-4(8-3)5(2,6)7;1-2/h1H2,2-3H3;1-2H2. The van der Waals surface area contributed by atoms with Crippen LogP contribution < -0.4 is 0 Å². The number of allylic oxidation sites excluding steroid dienone is 1. The van der Waals surface area contributed by atoms with Crippen LogP contribution in [0.5, 0.6) is 0 Å². The molecule has 0 aliphatic rings. The average molecular weight is 150 g/mol. The molecule has 0 aliphatic heterocycles. The third-order valence-corrected chi connectivity index (χ3v) is 0.736. The lowest BCUT2D eigenvalue weighted by molar-refractivity contribution is 0.00745. The molecule has 0 aromatic rings. The maximum atomic E-state index is 11.9. The zero-order valence-corrected chi connectivity index (χ0v) is 6.29. The number of rotatable bonds is 2. The van der Waals surface area contributed by atoms with E-state index in [1.807, 2.05) is 0 Å². The minimum Gasteiger partial charge on any atom is -0.495 e. The largest absolute Gasteiger partial charge is 0.495 e. The molecule has 0 saturated carbocycles. The van der Waals surface area contributed by atoms with Crippen molar-refractivity contribution in [2.45, 2.75) is 12.8 Å². The molecule has 10 heavy (non-hydrogen) atoms. The van der Waals surface area contributed by atoms with Crippen molar-refractivity contribution in [2.24, 2.45) is 0 Å². The number of hydrogen-bond acceptors (Lipinski definition) is 1. The van der Waals surface area contributed by atoms with Crippen LogP contribution >= 0.6 is 0 Å². The summed E-state index contributed by atoms with van der Waals surface area (Å²) in [6, 6.07) is 0. The minimum atomic E-state index is -2.91. The van der Waals surface area contributed by atoms with E-state index in [1.165, 1.54) is 7.11 Å². The van der Waals surface area contributed by atoms with E-state index in [2.05, 4.69) is 24.5 Å². The second kappa shape index (κ2) is 4.97. The SMILES string of the molecule is C=C.C=C(OC)C(C)(F)F. The second-order valence-electron chi connectivity index (χ2n) is 1.52. The Morgan fingerprint density at radius 1 is 1.40 bits per heavy atom. The van der Waals surface area contributed by atoms with E-state index in [9.17, 15) is 8.78 Å². The fourth-order valence-electron chi connectivity index (χ4n) is 0.179. The molecule has 0 N–H and O–H groups in total. The molecule has 0 fully saturated rings. The summed E-state index contributed by atoms with van der Waals surface area (Å²) in [4.78, 5) is 0. The fraction of sp³-hybridized carbons (Fsp3) is 0.429. The van der Waals surface area contributed by atoms with Crippen LogP contribution in [0.15, 0.2) is 25.5 Å². The number of halogens is 2. The molecule has 0 saturated heterocycles. The molecule has 0 radical (unpaired) electrons. The van der Waals surface area contributed by atoms with Crippen LogP contribution in [-0.4, -0.2) is 13.0 Å². The molecule has 0 atom stereocenters. The quantitative estimate of drug-likeness (QED) is 0.434. The molecule has 0 aromatic heterocycles. The Hall–Kier alpha value is -0.860. The summed E-state index contributed by atoms with van der Waals surface area (Å²) >= 11 is 0. The maximum absolute atomic E-state index is 11.9. The molecule has 1 nitrogen and oxygen atoms in total. The van der Waals surface area contributed by atoms with E-state index >= 15 is 0 Å². The van der Waals surface area contributed by atoms with E-state index in [1.54, 1.807) is 0 Å². The topological polar surface area (TPSA) is 9.23 Å². The number of alkyl halides is 2. The first-order valence-electron chi connectivity index (χ1n) is 2.59. The molecule has 3 heteroatoms. The van der Waals surface area contributed by atoms with Gasteiger partial charge in [-0.05, 0) is 0 Å². The van der Waals surface area contributed by atoms with Crippen LogP contribution in [0.1, 0.15) is 6.92 Å². The summed E-state index contributed by atoms with van der Waals surface area (Å²) in [7, 11) is 1.17. The average Bonchev–Trinajstić information content (AvgIpc) is 1.89. The summed E-state index contributed by atoms with van der Waals surface area (Å²) in [6.07, 6.45) is 0. The Kier molecular flexibility index (Phi) is 5.90. The maximum Gasteiger partial charge on any atom is 0.300 e. The number of hydrogen-bond donors (Lipinski definition) is 0. The van der Waals surface area contributed by atoms with Gasteiger partial charge in [-0.1, -0.05) is 6.58 Å². The van der Waals surface area contributed by atoms with Gasteiger partial charge < -0.3 is 4.74 Å². The van der Waals surface area contributed by atoms with Crippen molar-refractivity contribution in [1.29, 1.82) is 0 Å². The van der Waals surface area contributed by atoms with Crippen molar-refractivity contribution < 1.29 is 13.5 Å². The summed E-state index contributed by atoms with van der Waals surface area (Å²) < 4.78 is 28.0. The Balaban J connectivity index is 0. The predicted octanol–water partition coefficient (Wildman–Crippen LogP) is 2.60. The van der Waals surface area contributed by atoms with E-state index in [0.29, 0.717) is 0 Å². The molecule has 0 unspecified atom stereocenters. The van der Waals surface area contributed by atoms with Crippen molar-refractivity contribution in [1.82, 2.24) is 0 Å². The molecule has 0 rings (SSSR count). The molecule has 0 amide bonds. The smallest absolute Gasteiger partial charge is 0.300 e. The lowest BCUT2D eigenvalue weighted by atomic mass is 10.3. The first-order chi connectivity index (χ1) is 4.48. The molecular formula is C7H12F2O. The highest BCUT2D eigenvalue weighted by atomic mass is 19.3. The molecule has 0 bridgehead atoms. The Morgan fingerprint density at radius 3 is 1.70 bits per heavy atom. The zero-order chi connectivity index (χ0) is 8.78. The predicted molar refractivity (Wildman–Crippen MR) is 38.0 cm³/mol. The van der Waals surface area contributed by atoms with Gasteiger partial charge in [-0.25, -0.2) is 0 Å². The van der Waals surface area contributed by atoms with Crippen molar-refractivity contribution >= 4 is 0 Å². The van der Waals surface area contributed by atoms with Gasteiger partial charge in [0.15, 0.2) is 5.76 Å². The molecular weight excluding hydrogens is 138 g/mol. The van der Waals surface area contributed by atoms with Gasteiger partial charge in [0.25, 0.3) is 0 Å². The highest BCUT2D eigenvalue weighted by Crippen LogP contribution is 2.20. The highest BCUT2D eigenvalue weighted by Gasteiger charge is 2.26. The normalized spacial score (nSPS) is 9.20. The molecule has 60 valence electrons. The van der Waals surface area contributed by atoms with Gasteiger partial charge in [0.1, 0.15) is 0 Å². The van der Waals surface area contributed by atoms with E-state index in [4.69, 9.17) is 0 Å². The Labute approximate surface area is 60.0 Å². The van der Waals surface area contributed by atoms with Crippen molar-refractivity contribution in [3.05, 3.63) is 25.5 Å². The van der Waals surface area contributed by atoms with Gasteiger partial charge in [0.05, 0.1) is 7.11 Å². The third kappa shape index (κ3) is 5.28. The molecule has 0 aromatic carbocycles. The first-order valence-corrected chi connectivity index (χ1v) is 2.59. The van der Waals surface area contributed by atoms with Crippen LogP contribution in [0.3, 0.4) is 0 Å². The van der Waals surface area contributed by atoms with E-state index in [0.717, 1.165) is 6.92 Å². The van der Waals surface area contributed by atoms with Crippen LogP contribution in [0.4, 0.5) is 8.78 Å². The van der Waals surface area contributed by atoms with Crippen LogP contribution in [-0.2, 0) is 4.74 Å². The van der Waals surface area contributed by atoms with E-state index < -0.39 is 11.7 Å². The van der Waals surface area contributed by atoms with Crippen molar-refractivity contribution in [3.8, 4) is 0 Å². The Bertz CT molecular complexity index is 105. The van der Waals surface area contributed by atoms with Gasteiger partial charge in [0.2, 0.25) is 0 Å². The number of methoxy groups -OCH3 is 1. The van der Waals surface area contributed by atoms with Crippen LogP contribution in [0, 0.1) is 0 Å². The zero-order valence-electron chi connectivity index (χ0n) is 6.29. The molecule has 0 aliphatic carbocycles. The summed E-state index contributed by atoms with van der Waals surface area (Å²) in [6.45, 7) is 9.71. The summed E-state index contributed by atoms with van der Waals surface area (Å²) in [5.74, 6) is -3.41. The van der Waals surface area contributed by atoms with Gasteiger partial charge in [-0.15, -0.1) is 13.2 Å². The minimum absolute atomic E-state index is 0.502. The van der Waals surface area contributed by atoms with Gasteiger partial charge in [0, 0.05) is 6.92 Å². The lowest BCUT2D eigenvalue weighted by Gasteiger charge is -2.10. The van der Waals surface area contributed by atoms with Crippen LogP contribution in [0.2, 0.25) is 0 Å². The third-order valence-electron chi connectivity index (χ3n) is 0.736. The van der Waals surface area contributed by atoms with Gasteiger partial charge in [-0.2, -0.15) is 8.78 Å². The molecule has 0 heterocycles. The summed E-state index contributed by atoms with van der Waals surface area (Å²) in [5, 5.41) is 0. The van der Waals surface area contributed by atoms with Gasteiger partial charge >= 0.3 is 5.92 Å². The van der Waals surface area contributed by atoms with Crippen molar-refractivity contribution in [3.63, 3.8) is 0 Å². The molecule has 0 spiro atoms. The van der Waals surface area contributed by atoms with Gasteiger partial charge in [-0.3, -0.25) is 0 Å². The monoisotopic (exact) mass is 150 g/mol. The van der Waals surface area contributed by atoms with E-state index in [-0.39, 0.29) is 0 Å². The number of ether oxygens (including phenoxy) is 1.